The first-order valence-corrected chi connectivity index (χ1v) is 13.1. The molecule has 216 valence electrons. The van der Waals surface area contributed by atoms with Crippen LogP contribution < -0.4 is 0 Å². The van der Waals surface area contributed by atoms with E-state index in [4.69, 9.17) is 56.8 Å². The van der Waals surface area contributed by atoms with Gasteiger partial charge in [0.1, 0.15) is 24.4 Å². The molecule has 0 saturated carbocycles. The number of carbonyl (C=O) groups excluding carboxylic acids is 1. The monoisotopic (exact) mass is 546 g/mol. The molecular formula is C25H38O13. The summed E-state index contributed by atoms with van der Waals surface area (Å²) in [5, 5.41) is 0. The smallest absolute Gasteiger partial charge is 0.425 e. The summed E-state index contributed by atoms with van der Waals surface area (Å²) in [6.07, 6.45) is -7.97. The molecule has 38 heavy (non-hydrogen) atoms. The van der Waals surface area contributed by atoms with Crippen LogP contribution in [-0.4, -0.2) is 104 Å². The molecule has 6 rings (SSSR count). The number of hydrogen-bond acceptors (Lipinski definition) is 13. The minimum Gasteiger partial charge on any atom is -0.425 e. The zero-order valence-corrected chi connectivity index (χ0v) is 23.0. The molecule has 13 heteroatoms. The third-order valence-corrected chi connectivity index (χ3v) is 7.31. The highest BCUT2D eigenvalue weighted by Crippen LogP contribution is 2.44. The second-order valence-electron chi connectivity index (χ2n) is 12.3. The van der Waals surface area contributed by atoms with Gasteiger partial charge in [-0.2, -0.15) is 0 Å². The maximum absolute atomic E-state index is 13.3. The molecular weight excluding hydrogens is 508 g/mol. The zero-order valence-electron chi connectivity index (χ0n) is 23.0. The van der Waals surface area contributed by atoms with Crippen molar-refractivity contribution in [3.63, 3.8) is 0 Å². The third-order valence-electron chi connectivity index (χ3n) is 7.31. The first-order chi connectivity index (χ1) is 17.6. The Hall–Kier alpha value is -1.13. The van der Waals surface area contributed by atoms with Crippen molar-refractivity contribution in [2.45, 2.75) is 140 Å². The predicted molar refractivity (Wildman–Crippen MR) is 122 cm³/mol. The summed E-state index contributed by atoms with van der Waals surface area (Å²) in [5.41, 5.74) is 0. The van der Waals surface area contributed by atoms with Crippen molar-refractivity contribution >= 4 is 6.16 Å². The van der Waals surface area contributed by atoms with E-state index in [-0.39, 0.29) is 13.2 Å². The first kappa shape index (κ1) is 27.1. The largest absolute Gasteiger partial charge is 0.509 e. The van der Waals surface area contributed by atoms with E-state index in [1.807, 2.05) is 0 Å². The average molecular weight is 547 g/mol. The maximum atomic E-state index is 13.3. The highest BCUT2D eigenvalue weighted by molar-refractivity contribution is 5.61. The van der Waals surface area contributed by atoms with Gasteiger partial charge in [0, 0.05) is 0 Å². The number of fused-ring (bicyclic) bond motifs is 2. The lowest BCUT2D eigenvalue weighted by Crippen LogP contribution is -2.48. The van der Waals surface area contributed by atoms with Crippen molar-refractivity contribution in [1.82, 2.24) is 0 Å². The molecule has 6 heterocycles. The van der Waals surface area contributed by atoms with Gasteiger partial charge in [-0.05, 0) is 55.4 Å². The molecule has 13 nitrogen and oxygen atoms in total. The number of hydrogen-bond donors (Lipinski definition) is 0. The molecule has 0 aromatic carbocycles. The van der Waals surface area contributed by atoms with E-state index in [2.05, 4.69) is 0 Å². The van der Waals surface area contributed by atoms with Crippen molar-refractivity contribution in [3.8, 4) is 0 Å². The SMILES string of the molecule is CC1(C)O[C@@H]2O[C@@H]([C@@H]3COC(C)(C)O3)[C@@H](OC(=O)O[C@H]3[C@@H]4OC(C)(C)O[C@@H]4O[C@H]3[C@@H]3COC(C)(C)O3)[C@@H]2O1. The van der Waals surface area contributed by atoms with Crippen LogP contribution in [0.1, 0.15) is 55.4 Å². The average Bonchev–Trinajstić information content (AvgIpc) is 3.57. The van der Waals surface area contributed by atoms with Gasteiger partial charge < -0.3 is 56.8 Å². The second-order valence-corrected chi connectivity index (χ2v) is 12.3. The zero-order chi connectivity index (χ0) is 27.3. The van der Waals surface area contributed by atoms with E-state index in [0.717, 1.165) is 0 Å². The molecule has 0 bridgehead atoms. The van der Waals surface area contributed by atoms with E-state index in [1.54, 1.807) is 55.4 Å². The molecule has 0 spiro atoms. The van der Waals surface area contributed by atoms with Crippen molar-refractivity contribution in [1.29, 1.82) is 0 Å². The Bertz CT molecular complexity index is 862. The summed E-state index contributed by atoms with van der Waals surface area (Å²) < 4.78 is 71.3. The molecule has 0 radical (unpaired) electrons. The molecule has 0 unspecified atom stereocenters. The van der Waals surface area contributed by atoms with Crippen LogP contribution in [-0.2, 0) is 56.8 Å². The van der Waals surface area contributed by atoms with Gasteiger partial charge in [0.2, 0.25) is 0 Å². The summed E-state index contributed by atoms with van der Waals surface area (Å²) in [7, 11) is 0. The van der Waals surface area contributed by atoms with E-state index < -0.39 is 90.7 Å². The number of carbonyl (C=O) groups is 1. The molecule has 0 amide bonds. The van der Waals surface area contributed by atoms with E-state index >= 15 is 0 Å². The van der Waals surface area contributed by atoms with Crippen LogP contribution >= 0.6 is 0 Å². The van der Waals surface area contributed by atoms with Gasteiger partial charge in [0.05, 0.1) is 13.2 Å². The summed E-state index contributed by atoms with van der Waals surface area (Å²) >= 11 is 0. The fourth-order valence-electron chi connectivity index (χ4n) is 5.88. The summed E-state index contributed by atoms with van der Waals surface area (Å²) in [6, 6.07) is 0. The van der Waals surface area contributed by atoms with Gasteiger partial charge in [-0.1, -0.05) is 0 Å². The highest BCUT2D eigenvalue weighted by Gasteiger charge is 2.62. The molecule has 10 atom stereocenters. The summed E-state index contributed by atoms with van der Waals surface area (Å²) in [6.45, 7) is 14.8. The summed E-state index contributed by atoms with van der Waals surface area (Å²) in [4.78, 5) is 13.3. The Kier molecular flexibility index (Phi) is 6.36. The molecule has 6 aliphatic heterocycles. The van der Waals surface area contributed by atoms with Crippen LogP contribution in [0.3, 0.4) is 0 Å². The topological polar surface area (TPSA) is 128 Å². The quantitative estimate of drug-likeness (QED) is 0.477. The Morgan fingerprint density at radius 2 is 0.947 bits per heavy atom. The first-order valence-electron chi connectivity index (χ1n) is 13.1. The van der Waals surface area contributed by atoms with Crippen molar-refractivity contribution in [3.05, 3.63) is 0 Å². The molecule has 6 aliphatic rings. The van der Waals surface area contributed by atoms with Gasteiger partial charge in [-0.15, -0.1) is 0 Å². The number of ether oxygens (including phenoxy) is 12. The molecule has 0 aromatic rings. The normalized spacial score (nSPS) is 47.7. The van der Waals surface area contributed by atoms with Crippen LogP contribution in [0.25, 0.3) is 0 Å². The fourth-order valence-corrected chi connectivity index (χ4v) is 5.88. The van der Waals surface area contributed by atoms with Gasteiger partial charge in [0.25, 0.3) is 0 Å². The van der Waals surface area contributed by atoms with E-state index in [0.29, 0.717) is 0 Å². The Balaban J connectivity index is 1.19. The van der Waals surface area contributed by atoms with Crippen molar-refractivity contribution < 1.29 is 61.6 Å². The van der Waals surface area contributed by atoms with Gasteiger partial charge >= 0.3 is 6.16 Å². The molecule has 0 N–H and O–H groups in total. The van der Waals surface area contributed by atoms with E-state index in [1.165, 1.54) is 0 Å². The Labute approximate surface area is 221 Å². The maximum Gasteiger partial charge on any atom is 0.509 e. The van der Waals surface area contributed by atoms with Crippen molar-refractivity contribution in [2.24, 2.45) is 0 Å². The minimum atomic E-state index is -0.943. The van der Waals surface area contributed by atoms with Gasteiger partial charge in [-0.3, -0.25) is 0 Å². The predicted octanol–water partition coefficient (Wildman–Crippen LogP) is 1.93. The van der Waals surface area contributed by atoms with Crippen LogP contribution in [0.4, 0.5) is 4.79 Å². The van der Waals surface area contributed by atoms with Crippen LogP contribution in [0.2, 0.25) is 0 Å². The highest BCUT2D eigenvalue weighted by atomic mass is 16.9. The van der Waals surface area contributed by atoms with Gasteiger partial charge in [0.15, 0.2) is 60.1 Å². The molecule has 6 saturated heterocycles. The van der Waals surface area contributed by atoms with Crippen molar-refractivity contribution in [2.75, 3.05) is 13.2 Å². The molecule has 0 aliphatic carbocycles. The number of rotatable bonds is 4. The molecule has 6 fully saturated rings. The lowest BCUT2D eigenvalue weighted by molar-refractivity contribution is -0.238. The second kappa shape index (κ2) is 8.93. The molecule has 0 aromatic heterocycles. The van der Waals surface area contributed by atoms with Crippen LogP contribution in [0.5, 0.6) is 0 Å². The van der Waals surface area contributed by atoms with E-state index in [9.17, 15) is 4.79 Å². The fraction of sp³-hybridized carbons (Fsp3) is 0.960. The van der Waals surface area contributed by atoms with Crippen LogP contribution in [0, 0.1) is 0 Å². The lowest BCUT2D eigenvalue weighted by Gasteiger charge is -2.30. The van der Waals surface area contributed by atoms with Gasteiger partial charge in [-0.25, -0.2) is 4.79 Å². The third kappa shape index (κ3) is 5.06. The van der Waals surface area contributed by atoms with Crippen LogP contribution in [0.15, 0.2) is 0 Å². The Morgan fingerprint density at radius 1 is 0.553 bits per heavy atom. The standard InChI is InChI=1S/C25H38O13/c1-22(2)27-9-11(33-22)13-15(17-19(29-13)37-24(5,6)35-17)31-21(26)32-16-14(12-10-28-23(3,4)34-12)30-20-18(16)36-25(7,8)38-20/h11-20H,9-10H2,1-8H3/t11-,12-,13-,14-,15+,16+,17-,18-,19-,20-/m0/s1. The Morgan fingerprint density at radius 3 is 1.29 bits per heavy atom. The summed E-state index contributed by atoms with van der Waals surface area (Å²) in [5.74, 6) is -3.43. The lowest BCUT2D eigenvalue weighted by atomic mass is 10.1. The minimum absolute atomic E-state index is 0.257.